The van der Waals surface area contributed by atoms with Crippen molar-refractivity contribution in [2.24, 2.45) is 5.73 Å². The highest BCUT2D eigenvalue weighted by Gasteiger charge is 2.35. The van der Waals surface area contributed by atoms with Gasteiger partial charge in [0.2, 0.25) is 5.91 Å². The number of hydrogen-bond acceptors (Lipinski definition) is 4. The van der Waals surface area contributed by atoms with Crippen LogP contribution in [0.4, 0.5) is 5.69 Å². The molecule has 4 rings (SSSR count). The van der Waals surface area contributed by atoms with E-state index in [1.165, 1.54) is 25.7 Å². The second-order valence-electron chi connectivity index (χ2n) is 9.42. The summed E-state index contributed by atoms with van der Waals surface area (Å²) in [6, 6.07) is 13.0. The summed E-state index contributed by atoms with van der Waals surface area (Å²) in [6.45, 7) is 6.57. The van der Waals surface area contributed by atoms with Gasteiger partial charge in [0.25, 0.3) is 0 Å². The summed E-state index contributed by atoms with van der Waals surface area (Å²) in [6.07, 6.45) is 7.84. The number of amidine groups is 1. The Kier molecular flexibility index (Phi) is 6.99. The SMILES string of the molecule is C[C@@H]1CCC[C@H](C)N1CCCCCN1C(=O)C(c2ccc(C(=N)N)o2)Cc2ccccc21. The molecule has 3 heterocycles. The number of carbonyl (C=O) groups is 1. The topological polar surface area (TPSA) is 86.6 Å². The first kappa shape index (κ1) is 22.6. The molecule has 3 atom stereocenters. The van der Waals surface area contributed by atoms with E-state index in [1.54, 1.807) is 12.1 Å². The maximum absolute atomic E-state index is 13.4. The molecule has 2 aliphatic heterocycles. The zero-order valence-electron chi connectivity index (χ0n) is 19.3. The molecule has 1 amide bonds. The van der Waals surface area contributed by atoms with E-state index in [4.69, 9.17) is 15.6 Å². The van der Waals surface area contributed by atoms with Crippen molar-refractivity contribution in [3.05, 3.63) is 53.5 Å². The third kappa shape index (κ3) is 4.75. The Bertz CT molecular complexity index is 943. The fourth-order valence-corrected chi connectivity index (χ4v) is 5.36. The molecule has 172 valence electrons. The summed E-state index contributed by atoms with van der Waals surface area (Å²) in [7, 11) is 0. The molecule has 0 spiro atoms. The van der Waals surface area contributed by atoms with E-state index in [9.17, 15) is 4.79 Å². The number of anilines is 1. The van der Waals surface area contributed by atoms with E-state index in [1.807, 2.05) is 23.1 Å². The Hall–Kier alpha value is -2.60. The zero-order valence-corrected chi connectivity index (χ0v) is 19.3. The summed E-state index contributed by atoms with van der Waals surface area (Å²) >= 11 is 0. The van der Waals surface area contributed by atoms with Crippen LogP contribution in [0, 0.1) is 5.41 Å². The summed E-state index contributed by atoms with van der Waals surface area (Å²) in [5.74, 6) is 0.501. The lowest BCUT2D eigenvalue weighted by Gasteiger charge is -2.39. The van der Waals surface area contributed by atoms with Crippen molar-refractivity contribution in [2.75, 3.05) is 18.0 Å². The van der Waals surface area contributed by atoms with E-state index in [0.29, 0.717) is 30.0 Å². The van der Waals surface area contributed by atoms with Crippen molar-refractivity contribution in [1.29, 1.82) is 5.41 Å². The Morgan fingerprint density at radius 3 is 2.50 bits per heavy atom. The Balaban J connectivity index is 1.39. The van der Waals surface area contributed by atoms with Crippen LogP contribution in [0.1, 0.15) is 75.4 Å². The third-order valence-electron chi connectivity index (χ3n) is 7.18. The summed E-state index contributed by atoms with van der Waals surface area (Å²) in [5.41, 5.74) is 7.73. The van der Waals surface area contributed by atoms with Gasteiger partial charge in [-0.1, -0.05) is 31.0 Å². The number of likely N-dealkylation sites (tertiary alicyclic amines) is 1. The van der Waals surface area contributed by atoms with Crippen LogP contribution in [0.3, 0.4) is 0 Å². The van der Waals surface area contributed by atoms with Crippen molar-refractivity contribution in [3.63, 3.8) is 0 Å². The van der Waals surface area contributed by atoms with Gasteiger partial charge in [-0.05, 0) is 76.3 Å². The van der Waals surface area contributed by atoms with Crippen LogP contribution in [-0.2, 0) is 11.2 Å². The zero-order chi connectivity index (χ0) is 22.7. The largest absolute Gasteiger partial charge is 0.457 e. The summed E-state index contributed by atoms with van der Waals surface area (Å²) < 4.78 is 5.75. The minimum absolute atomic E-state index is 0.0754. The van der Waals surface area contributed by atoms with Crippen LogP contribution < -0.4 is 10.6 Å². The van der Waals surface area contributed by atoms with Crippen molar-refractivity contribution in [3.8, 4) is 0 Å². The predicted molar refractivity (Wildman–Crippen MR) is 128 cm³/mol. The molecule has 1 aromatic carbocycles. The summed E-state index contributed by atoms with van der Waals surface area (Å²) in [5, 5.41) is 7.58. The first-order valence-corrected chi connectivity index (χ1v) is 12.0. The molecule has 1 unspecified atom stereocenters. The van der Waals surface area contributed by atoms with Gasteiger partial charge in [0.15, 0.2) is 11.6 Å². The third-order valence-corrected chi connectivity index (χ3v) is 7.18. The number of nitrogens with zero attached hydrogens (tertiary/aromatic N) is 2. The second kappa shape index (κ2) is 9.90. The normalized spacial score (nSPS) is 23.9. The highest BCUT2D eigenvalue weighted by atomic mass is 16.3. The van der Waals surface area contributed by atoms with Crippen molar-refractivity contribution < 1.29 is 9.21 Å². The molecule has 1 saturated heterocycles. The molecule has 1 aromatic heterocycles. The smallest absolute Gasteiger partial charge is 0.238 e. The van der Waals surface area contributed by atoms with Gasteiger partial charge < -0.3 is 15.1 Å². The highest BCUT2D eigenvalue weighted by molar-refractivity contribution is 6.01. The monoisotopic (exact) mass is 436 g/mol. The van der Waals surface area contributed by atoms with Gasteiger partial charge in [0, 0.05) is 24.3 Å². The fraction of sp³-hybridized carbons (Fsp3) is 0.538. The number of benzene rings is 1. The number of nitrogens with two attached hydrogens (primary N) is 1. The number of para-hydroxylation sites is 1. The number of unbranched alkanes of at least 4 members (excludes halogenated alkanes) is 2. The van der Waals surface area contributed by atoms with Crippen LogP contribution >= 0.6 is 0 Å². The van der Waals surface area contributed by atoms with Crippen LogP contribution in [0.15, 0.2) is 40.8 Å². The number of amides is 1. The van der Waals surface area contributed by atoms with Crippen LogP contribution in [0.2, 0.25) is 0 Å². The first-order chi connectivity index (χ1) is 15.5. The van der Waals surface area contributed by atoms with E-state index in [2.05, 4.69) is 24.8 Å². The number of carbonyl (C=O) groups excluding carboxylic acids is 1. The molecule has 6 nitrogen and oxygen atoms in total. The molecular weight excluding hydrogens is 400 g/mol. The molecule has 0 aliphatic carbocycles. The Morgan fingerprint density at radius 2 is 1.78 bits per heavy atom. The van der Waals surface area contributed by atoms with E-state index in [-0.39, 0.29) is 17.7 Å². The van der Waals surface area contributed by atoms with E-state index in [0.717, 1.165) is 37.2 Å². The minimum Gasteiger partial charge on any atom is -0.457 e. The molecular formula is C26H36N4O2. The predicted octanol–water partition coefficient (Wildman–Crippen LogP) is 4.67. The van der Waals surface area contributed by atoms with Crippen LogP contribution in [-0.4, -0.2) is 41.8 Å². The van der Waals surface area contributed by atoms with Gasteiger partial charge in [-0.15, -0.1) is 0 Å². The number of nitrogens with one attached hydrogen (secondary N) is 1. The highest BCUT2D eigenvalue weighted by Crippen LogP contribution is 2.36. The molecule has 3 N–H and O–H groups in total. The van der Waals surface area contributed by atoms with Gasteiger partial charge in [-0.25, -0.2) is 0 Å². The second-order valence-corrected chi connectivity index (χ2v) is 9.42. The lowest BCUT2D eigenvalue weighted by Crippen LogP contribution is -2.44. The van der Waals surface area contributed by atoms with Gasteiger partial charge in [0.05, 0.1) is 0 Å². The number of rotatable bonds is 8. The lowest BCUT2D eigenvalue weighted by molar-refractivity contribution is -0.120. The van der Waals surface area contributed by atoms with Gasteiger partial charge in [0.1, 0.15) is 11.7 Å². The average molecular weight is 437 g/mol. The molecule has 0 saturated carbocycles. The number of hydrogen-bond donors (Lipinski definition) is 2. The maximum Gasteiger partial charge on any atom is 0.238 e. The fourth-order valence-electron chi connectivity index (χ4n) is 5.36. The molecule has 2 aromatic rings. The Labute approximate surface area is 191 Å². The van der Waals surface area contributed by atoms with E-state index < -0.39 is 0 Å². The van der Waals surface area contributed by atoms with Crippen LogP contribution in [0.5, 0.6) is 0 Å². The van der Waals surface area contributed by atoms with Gasteiger partial charge in [-0.3, -0.25) is 15.1 Å². The standard InChI is InChI=1S/C26H36N4O2/c1-18-9-8-10-19(2)29(18)15-6-3-7-16-30-22-12-5-4-11-20(22)17-21(26(30)31)23-13-14-24(32-23)25(27)28/h4-5,11-14,18-19,21H,3,6-10,15-17H2,1-2H3,(H3,27,28)/t18-,19+,21?. The molecule has 0 radical (unpaired) electrons. The minimum atomic E-state index is -0.368. The number of furan rings is 1. The molecule has 6 heteroatoms. The number of nitrogen functional groups attached to an aromatic ring is 1. The number of fused-ring (bicyclic) bond motifs is 1. The molecule has 32 heavy (non-hydrogen) atoms. The summed E-state index contributed by atoms with van der Waals surface area (Å²) in [4.78, 5) is 18.0. The number of piperidine rings is 1. The first-order valence-electron chi connectivity index (χ1n) is 12.0. The van der Waals surface area contributed by atoms with Gasteiger partial charge in [-0.2, -0.15) is 0 Å². The maximum atomic E-state index is 13.4. The average Bonchev–Trinajstić information content (AvgIpc) is 3.27. The van der Waals surface area contributed by atoms with Crippen molar-refractivity contribution in [1.82, 2.24) is 4.90 Å². The lowest BCUT2D eigenvalue weighted by atomic mass is 9.89. The molecule has 0 bridgehead atoms. The van der Waals surface area contributed by atoms with Crippen molar-refractivity contribution >= 4 is 17.4 Å². The van der Waals surface area contributed by atoms with Crippen LogP contribution in [0.25, 0.3) is 0 Å². The molecule has 1 fully saturated rings. The quantitative estimate of drug-likeness (QED) is 0.358. The van der Waals surface area contributed by atoms with Gasteiger partial charge >= 0.3 is 0 Å². The Morgan fingerprint density at radius 1 is 1.06 bits per heavy atom. The van der Waals surface area contributed by atoms with E-state index >= 15 is 0 Å². The molecule has 2 aliphatic rings. The van der Waals surface area contributed by atoms with Crippen molar-refractivity contribution in [2.45, 2.75) is 76.8 Å².